The van der Waals surface area contributed by atoms with E-state index in [1.165, 1.54) is 48.5 Å². The molecule has 0 fully saturated rings. The lowest BCUT2D eigenvalue weighted by Gasteiger charge is -2.28. The van der Waals surface area contributed by atoms with Crippen molar-refractivity contribution in [3.05, 3.63) is 233 Å². The number of benzene rings is 6. The Morgan fingerprint density at radius 2 is 1.12 bits per heavy atom. The molecule has 0 atom stereocenters. The number of carbonyl (C=O) groups excluding carboxylic acids is 2. The second kappa shape index (κ2) is 32.7. The molecule has 2 aromatic heterocycles. The number of carbonyl (C=O) groups is 2. The normalized spacial score (nSPS) is 20.7. The Balaban J connectivity index is 0.000000300. The number of alkyl halides is 6. The van der Waals surface area contributed by atoms with Gasteiger partial charge in [0.15, 0.2) is 10.3 Å². The van der Waals surface area contributed by atoms with Crippen molar-refractivity contribution in [1.82, 2.24) is 38.7 Å². The Morgan fingerprint density at radius 3 is 1.72 bits per heavy atom. The zero-order valence-electron chi connectivity index (χ0n) is 83.8. The number of fused-ring (bicyclic) bond motifs is 2. The number of thioether (sulfide) groups is 2. The lowest BCUT2D eigenvalue weighted by molar-refractivity contribution is -0.138. The van der Waals surface area contributed by atoms with Crippen molar-refractivity contribution in [3.8, 4) is 22.3 Å². The molecular formula is C73H78F8N8O4S2. The molecule has 0 N–H and O–H groups in total. The van der Waals surface area contributed by atoms with E-state index < -0.39 is 281 Å². The number of hydrogen-bond acceptors (Lipinski definition) is 10. The Labute approximate surface area is 603 Å². The van der Waals surface area contributed by atoms with Crippen molar-refractivity contribution in [1.29, 1.82) is 0 Å². The lowest BCUT2D eigenvalue weighted by Crippen LogP contribution is -2.40. The average molecular weight is 1380 g/mol. The molecule has 8 aromatic rings. The largest absolute Gasteiger partial charge is 0.416 e. The quantitative estimate of drug-likeness (QED) is 0.0295. The standard InChI is InChI=1S/C37H40F4N4O2S.C36H38F4N4O2S/c1-4-43(5-2)19-20-44(22-26-9-13-28(14-10-26)29-15-18-32(25(3)21-29)37(39,40)41)34(46)23-45-33-8-6-7-31(33)35(47)42-36(45)48-24-27-11-16-30(38)17-12-27;1-3-42(4-2)20-21-43(22-25-8-12-27(13-9-25)28-14-16-29(17-15-28)36(38,39)40)33(45)23-44-32-7-5-6-31(32)34(46)41-35(44)47-24-26-10-18-30(37)19-11-26/h9-18,21H,4-8,19-20,22-24H2,1-3H3;8-19H,3-7,20-24H2,1-2H3/i4D2,5D2,6D2,7D2,8D2,9D,10D,11D,12D,13D,14D,15D,16D,17D,18D,21D,23D2,24D2;20D2,21D2,23D2,24D2. The second-order valence-corrected chi connectivity index (χ2v) is 21.8. The molecule has 2 aliphatic rings. The molecule has 95 heavy (non-hydrogen) atoms. The summed E-state index contributed by atoms with van der Waals surface area (Å²) in [5, 5.41) is -2.03. The topological polar surface area (TPSA) is 117 Å². The Hall–Kier alpha value is -7.92. The van der Waals surface area contributed by atoms with Gasteiger partial charge in [0, 0.05) is 95.0 Å². The van der Waals surface area contributed by atoms with Gasteiger partial charge in [-0.1, -0.05) is 148 Å². The molecule has 0 bridgehead atoms. The molecular weight excluding hydrogens is 1270 g/mol. The van der Waals surface area contributed by atoms with Gasteiger partial charge in [-0.15, -0.1) is 0 Å². The first-order valence-electron chi connectivity index (χ1n) is 45.2. The van der Waals surface area contributed by atoms with Gasteiger partial charge in [-0.05, 0) is 164 Å². The van der Waals surface area contributed by atoms with Gasteiger partial charge in [-0.3, -0.25) is 19.2 Å². The summed E-state index contributed by atoms with van der Waals surface area (Å²) >= 11 is -0.220. The van der Waals surface area contributed by atoms with Crippen molar-refractivity contribution in [3.63, 3.8) is 0 Å². The molecule has 0 radical (unpaired) electrons. The van der Waals surface area contributed by atoms with Crippen molar-refractivity contribution < 1.29 is 89.9 Å². The molecule has 0 saturated carbocycles. The number of amides is 2. The SMILES string of the molecule is [2H]C([2H])(Sc1nc(=O)c2c(n1C([2H])([2H])C(=O)N(Cc1ccc(-c3ccc(C(F)(F)F)cc3)cc1)C([2H])([2H])C([2H])([2H])N(CC)CC)CCC2)c1ccc(F)cc1.[2H]c1c([2H])c(C([2H])([2H])Sc2nc(=O)c3c(n2C([2H])([2H])C(=O)N(CCN(C([2H])([2H])C)C([2H])([2H])C)Cc2c([2H])c([2H])c(-c4c([2H])c([2H])c(C(F)(F)F)c(C)c4[2H])c([2H])c2[2H])C([2H])([2H])C([2H])([2H])C3([2H])[2H])c([2H])c([2H])c1F. The van der Waals surface area contributed by atoms with Crippen LogP contribution in [0.4, 0.5) is 35.1 Å². The molecule has 502 valence electrons. The predicted molar refractivity (Wildman–Crippen MR) is 358 cm³/mol. The number of halogens is 8. The van der Waals surface area contributed by atoms with E-state index in [9.17, 15) is 55.0 Å². The first-order valence-corrected chi connectivity index (χ1v) is 30.3. The minimum absolute atomic E-state index is 0.0240. The highest BCUT2D eigenvalue weighted by molar-refractivity contribution is 7.98. The van der Waals surface area contributed by atoms with E-state index in [2.05, 4.69) is 9.97 Å². The maximum absolute atomic E-state index is 15.2. The highest BCUT2D eigenvalue weighted by atomic mass is 32.2. The summed E-state index contributed by atoms with van der Waals surface area (Å²) in [6.45, 7) is -17.3. The monoisotopic (exact) mass is 1380 g/mol. The summed E-state index contributed by atoms with van der Waals surface area (Å²) in [6, 6.07) is 0.505. The first kappa shape index (κ1) is 39.3. The van der Waals surface area contributed by atoms with Crippen molar-refractivity contribution in [2.24, 2.45) is 0 Å². The molecule has 6 aromatic carbocycles. The minimum Gasteiger partial charge on any atom is -0.336 e. The van der Waals surface area contributed by atoms with Gasteiger partial charge in [0.1, 0.15) is 24.6 Å². The van der Waals surface area contributed by atoms with Gasteiger partial charge >= 0.3 is 12.4 Å². The molecule has 2 amide bonds. The first-order chi connectivity index (χ1) is 58.2. The third-order valence-corrected chi connectivity index (χ3v) is 15.6. The number of rotatable bonds is 26. The van der Waals surface area contributed by atoms with Crippen molar-refractivity contribution in [2.75, 3.05) is 52.2 Å². The van der Waals surface area contributed by atoms with Gasteiger partial charge in [0.05, 0.1) is 34.4 Å². The van der Waals surface area contributed by atoms with E-state index in [1.807, 2.05) is 0 Å². The molecule has 2 heterocycles. The number of likely N-dealkylation sites (N-methyl/N-ethyl adjacent to an activating group) is 2. The number of hydrogen-bond donors (Lipinski definition) is 0. The summed E-state index contributed by atoms with van der Waals surface area (Å²) in [4.78, 5) is 66.6. The average Bonchev–Trinajstić information content (AvgIpc) is 1.51. The molecule has 0 unspecified atom stereocenters. The molecule has 0 aliphatic heterocycles. The fourth-order valence-electron chi connectivity index (χ4n) is 9.12. The summed E-state index contributed by atoms with van der Waals surface area (Å²) in [5.74, 6) is -6.02. The van der Waals surface area contributed by atoms with Crippen LogP contribution in [-0.2, 0) is 85.0 Å². The van der Waals surface area contributed by atoms with Crippen LogP contribution < -0.4 is 11.1 Å². The zero-order chi connectivity index (χ0) is 97.3. The number of aromatic nitrogens is 4. The van der Waals surface area contributed by atoms with Crippen LogP contribution in [0, 0.1) is 18.6 Å². The van der Waals surface area contributed by atoms with Gasteiger partial charge in [-0.25, -0.2) is 8.78 Å². The second-order valence-electron chi connectivity index (χ2n) is 20.3. The van der Waals surface area contributed by atoms with Gasteiger partial charge in [0.25, 0.3) is 11.1 Å². The Bertz CT molecular complexity index is 5700. The zero-order valence-corrected chi connectivity index (χ0v) is 52.5. The lowest BCUT2D eigenvalue weighted by atomic mass is 9.98. The summed E-state index contributed by atoms with van der Waals surface area (Å²) in [6.07, 6.45) is -20.6. The maximum Gasteiger partial charge on any atom is 0.416 e. The van der Waals surface area contributed by atoms with Crippen LogP contribution in [0.5, 0.6) is 0 Å². The van der Waals surface area contributed by atoms with E-state index in [0.717, 1.165) is 54.5 Å². The van der Waals surface area contributed by atoms with E-state index in [-0.39, 0.29) is 57.8 Å². The smallest absolute Gasteiger partial charge is 0.336 e. The predicted octanol–water partition coefficient (Wildman–Crippen LogP) is 14.7. The van der Waals surface area contributed by atoms with Crippen LogP contribution in [-0.4, -0.2) is 103 Å². The molecule has 10 rings (SSSR count). The fourth-order valence-corrected chi connectivity index (χ4v) is 10.5. The van der Waals surface area contributed by atoms with Crippen LogP contribution in [0.1, 0.15) is 147 Å². The van der Waals surface area contributed by atoms with Crippen molar-refractivity contribution in [2.45, 2.75) is 133 Å². The van der Waals surface area contributed by atoms with Gasteiger partial charge in [0.2, 0.25) is 11.8 Å². The summed E-state index contributed by atoms with van der Waals surface area (Å²) < 4.78 is 396. The van der Waals surface area contributed by atoms with Gasteiger partial charge in [-0.2, -0.15) is 36.3 Å². The summed E-state index contributed by atoms with van der Waals surface area (Å²) in [5.41, 5.74) is -18.1. The molecule has 0 spiro atoms. The minimum atomic E-state index is -5.26. The van der Waals surface area contributed by atoms with Gasteiger partial charge < -0.3 is 28.7 Å². The van der Waals surface area contributed by atoms with Crippen LogP contribution in [0.2, 0.25) is 0 Å². The molecule has 22 heteroatoms. The highest BCUT2D eigenvalue weighted by Gasteiger charge is 2.33. The Kier molecular flexibility index (Phi) is 13.5. The summed E-state index contributed by atoms with van der Waals surface area (Å²) in [7, 11) is 0. The Morgan fingerprint density at radius 1 is 0.568 bits per heavy atom. The maximum atomic E-state index is 15.2. The van der Waals surface area contributed by atoms with E-state index in [1.54, 1.807) is 13.8 Å². The van der Waals surface area contributed by atoms with E-state index in [4.69, 9.17) is 39.8 Å². The van der Waals surface area contributed by atoms with Crippen LogP contribution in [0.3, 0.4) is 0 Å². The van der Waals surface area contributed by atoms with Crippen LogP contribution in [0.15, 0.2) is 159 Å². The van der Waals surface area contributed by atoms with Crippen LogP contribution >= 0.6 is 23.5 Å². The highest BCUT2D eigenvalue weighted by Crippen LogP contribution is 2.36. The third-order valence-electron chi connectivity index (χ3n) is 14.1. The fraction of sp³-hybridized carbons (Fsp3) is 0.370. The third kappa shape index (κ3) is 19.0. The van der Waals surface area contributed by atoms with E-state index >= 15 is 4.79 Å². The van der Waals surface area contributed by atoms with Crippen molar-refractivity contribution >= 4 is 35.3 Å². The number of nitrogens with zero attached hydrogens (tertiary/aromatic N) is 8. The molecule has 12 nitrogen and oxygen atoms in total. The molecule has 2 aliphatic carbocycles. The molecule has 0 saturated heterocycles. The van der Waals surface area contributed by atoms with Crippen LogP contribution in [0.25, 0.3) is 22.3 Å². The van der Waals surface area contributed by atoms with E-state index in [0.29, 0.717) is 39.1 Å².